The fourth-order valence-electron chi connectivity index (χ4n) is 2.27. The lowest BCUT2D eigenvalue weighted by Crippen LogP contribution is -2.25. The Labute approximate surface area is 131 Å². The molecule has 2 aromatic rings. The minimum Gasteiger partial charge on any atom is -0.399 e. The Morgan fingerprint density at radius 1 is 1.18 bits per heavy atom. The highest BCUT2D eigenvalue weighted by atomic mass is 16.1. The molecule has 22 heavy (non-hydrogen) atoms. The maximum atomic E-state index is 12.3. The Bertz CT molecular complexity index is 625. The van der Waals surface area contributed by atoms with Gasteiger partial charge in [0.15, 0.2) is 0 Å². The van der Waals surface area contributed by atoms with Gasteiger partial charge in [-0.1, -0.05) is 37.3 Å². The van der Waals surface area contributed by atoms with E-state index in [0.29, 0.717) is 17.8 Å². The molecule has 1 unspecified atom stereocenters. The van der Waals surface area contributed by atoms with Gasteiger partial charge in [-0.2, -0.15) is 0 Å². The van der Waals surface area contributed by atoms with E-state index >= 15 is 0 Å². The Morgan fingerprint density at radius 3 is 2.59 bits per heavy atom. The lowest BCUT2D eigenvalue weighted by Gasteiger charge is -2.18. The van der Waals surface area contributed by atoms with Crippen LogP contribution in [0, 0.1) is 0 Å². The molecule has 4 nitrogen and oxygen atoms in total. The lowest BCUT2D eigenvalue weighted by atomic mass is 10.1. The van der Waals surface area contributed by atoms with E-state index in [1.807, 2.05) is 31.2 Å². The topological polar surface area (TPSA) is 67.2 Å². The zero-order valence-electron chi connectivity index (χ0n) is 13.1. The van der Waals surface area contributed by atoms with Crippen molar-refractivity contribution in [2.45, 2.75) is 26.3 Å². The molecule has 0 aromatic heterocycles. The van der Waals surface area contributed by atoms with E-state index in [9.17, 15) is 4.79 Å². The number of benzene rings is 2. The van der Waals surface area contributed by atoms with Gasteiger partial charge in [-0.25, -0.2) is 0 Å². The van der Waals surface area contributed by atoms with Crippen molar-refractivity contribution in [2.75, 3.05) is 17.6 Å². The second-order valence-electron chi connectivity index (χ2n) is 5.34. The molecule has 0 saturated carbocycles. The highest BCUT2D eigenvalue weighted by molar-refractivity contribution is 6.00. The third kappa shape index (κ3) is 4.01. The number of nitrogens with one attached hydrogen (secondary N) is 2. The maximum absolute atomic E-state index is 12.3. The second-order valence-corrected chi connectivity index (χ2v) is 5.34. The number of hydrogen-bond donors (Lipinski definition) is 3. The average Bonchev–Trinajstić information content (AvgIpc) is 2.55. The summed E-state index contributed by atoms with van der Waals surface area (Å²) in [5, 5.41) is 6.29. The zero-order chi connectivity index (χ0) is 15.9. The summed E-state index contributed by atoms with van der Waals surface area (Å²) in [7, 11) is 0. The number of rotatable bonds is 6. The largest absolute Gasteiger partial charge is 0.399 e. The first-order valence-electron chi connectivity index (χ1n) is 7.61. The monoisotopic (exact) mass is 297 g/mol. The summed E-state index contributed by atoms with van der Waals surface area (Å²) >= 11 is 0. The van der Waals surface area contributed by atoms with Crippen LogP contribution in [0.15, 0.2) is 48.5 Å². The van der Waals surface area contributed by atoms with Crippen molar-refractivity contribution in [3.05, 3.63) is 59.7 Å². The van der Waals surface area contributed by atoms with Crippen LogP contribution >= 0.6 is 0 Å². The standard InChI is InChI=1S/C18H23N3O/c1-3-11-20-18(22)16-12-15(19)9-10-17(16)21-13(2)14-7-5-4-6-8-14/h4-10,12-13,21H,3,11,19H2,1-2H3,(H,20,22). The SMILES string of the molecule is CCCNC(=O)c1cc(N)ccc1NC(C)c1ccccc1. The molecule has 1 amide bonds. The molecular weight excluding hydrogens is 274 g/mol. The van der Waals surface area contributed by atoms with E-state index in [-0.39, 0.29) is 11.9 Å². The number of hydrogen-bond acceptors (Lipinski definition) is 3. The molecule has 0 heterocycles. The van der Waals surface area contributed by atoms with Gasteiger partial charge in [0.2, 0.25) is 0 Å². The first kappa shape index (κ1) is 15.9. The van der Waals surface area contributed by atoms with Gasteiger partial charge in [-0.3, -0.25) is 4.79 Å². The van der Waals surface area contributed by atoms with Crippen LogP contribution in [0.5, 0.6) is 0 Å². The zero-order valence-corrected chi connectivity index (χ0v) is 13.1. The van der Waals surface area contributed by atoms with Gasteiger partial charge in [-0.05, 0) is 37.1 Å². The number of nitrogens with two attached hydrogens (primary N) is 1. The van der Waals surface area contributed by atoms with Crippen LogP contribution in [0.4, 0.5) is 11.4 Å². The quantitative estimate of drug-likeness (QED) is 0.714. The fraction of sp³-hybridized carbons (Fsp3) is 0.278. The number of anilines is 2. The molecule has 0 saturated heterocycles. The van der Waals surface area contributed by atoms with Crippen LogP contribution in [0.1, 0.15) is 42.2 Å². The molecule has 116 valence electrons. The molecule has 4 heteroatoms. The Morgan fingerprint density at radius 2 is 1.91 bits per heavy atom. The van der Waals surface area contributed by atoms with E-state index in [2.05, 4.69) is 29.7 Å². The number of carbonyl (C=O) groups is 1. The Balaban J connectivity index is 2.21. The summed E-state index contributed by atoms with van der Waals surface area (Å²) in [6.07, 6.45) is 0.900. The lowest BCUT2D eigenvalue weighted by molar-refractivity contribution is 0.0954. The predicted molar refractivity (Wildman–Crippen MR) is 92.0 cm³/mol. The second kappa shape index (κ2) is 7.50. The van der Waals surface area contributed by atoms with Crippen molar-refractivity contribution in [3.8, 4) is 0 Å². The van der Waals surface area contributed by atoms with E-state index < -0.39 is 0 Å². The summed E-state index contributed by atoms with van der Waals surface area (Å²) in [5.74, 6) is -0.100. The highest BCUT2D eigenvalue weighted by Crippen LogP contribution is 2.24. The molecule has 2 aromatic carbocycles. The molecule has 0 radical (unpaired) electrons. The van der Waals surface area contributed by atoms with E-state index in [1.165, 1.54) is 5.56 Å². The molecule has 0 aliphatic rings. The van der Waals surface area contributed by atoms with Gasteiger partial charge >= 0.3 is 0 Å². The van der Waals surface area contributed by atoms with Crippen molar-refractivity contribution in [1.29, 1.82) is 0 Å². The van der Waals surface area contributed by atoms with Gasteiger partial charge in [0.1, 0.15) is 0 Å². The van der Waals surface area contributed by atoms with Crippen LogP contribution in [-0.2, 0) is 0 Å². The minimum atomic E-state index is -0.100. The molecule has 0 bridgehead atoms. The first-order valence-corrected chi connectivity index (χ1v) is 7.61. The molecule has 0 aliphatic heterocycles. The molecule has 0 fully saturated rings. The van der Waals surface area contributed by atoms with Gasteiger partial charge in [0, 0.05) is 24.0 Å². The van der Waals surface area contributed by atoms with Crippen molar-refractivity contribution < 1.29 is 4.79 Å². The van der Waals surface area contributed by atoms with Crippen molar-refractivity contribution >= 4 is 17.3 Å². The summed E-state index contributed by atoms with van der Waals surface area (Å²) in [5.41, 5.74) is 8.95. The number of nitrogen functional groups attached to an aromatic ring is 1. The number of amides is 1. The summed E-state index contributed by atoms with van der Waals surface area (Å²) in [4.78, 5) is 12.3. The summed E-state index contributed by atoms with van der Waals surface area (Å²) in [6.45, 7) is 4.75. The molecule has 1 atom stereocenters. The summed E-state index contributed by atoms with van der Waals surface area (Å²) < 4.78 is 0. The third-order valence-electron chi connectivity index (χ3n) is 3.50. The van der Waals surface area contributed by atoms with Crippen LogP contribution in [-0.4, -0.2) is 12.5 Å². The van der Waals surface area contributed by atoms with Gasteiger partial charge < -0.3 is 16.4 Å². The fourth-order valence-corrected chi connectivity index (χ4v) is 2.27. The molecule has 2 rings (SSSR count). The normalized spacial score (nSPS) is 11.7. The third-order valence-corrected chi connectivity index (χ3v) is 3.50. The Hall–Kier alpha value is -2.49. The van der Waals surface area contributed by atoms with E-state index in [1.54, 1.807) is 12.1 Å². The maximum Gasteiger partial charge on any atom is 0.253 e. The summed E-state index contributed by atoms with van der Waals surface area (Å²) in [6, 6.07) is 15.6. The Kier molecular flexibility index (Phi) is 5.42. The van der Waals surface area contributed by atoms with E-state index in [0.717, 1.165) is 12.1 Å². The van der Waals surface area contributed by atoms with Crippen molar-refractivity contribution in [2.24, 2.45) is 0 Å². The van der Waals surface area contributed by atoms with Crippen LogP contribution < -0.4 is 16.4 Å². The van der Waals surface area contributed by atoms with Gasteiger partial charge in [0.05, 0.1) is 5.56 Å². The average molecular weight is 297 g/mol. The van der Waals surface area contributed by atoms with Gasteiger partial charge in [0.25, 0.3) is 5.91 Å². The van der Waals surface area contributed by atoms with E-state index in [4.69, 9.17) is 5.73 Å². The molecule has 0 aliphatic carbocycles. The van der Waals surface area contributed by atoms with Crippen LogP contribution in [0.3, 0.4) is 0 Å². The van der Waals surface area contributed by atoms with Gasteiger partial charge in [-0.15, -0.1) is 0 Å². The molecule has 4 N–H and O–H groups in total. The van der Waals surface area contributed by atoms with Crippen LogP contribution in [0.25, 0.3) is 0 Å². The molecule has 0 spiro atoms. The molecular formula is C18H23N3O. The van der Waals surface area contributed by atoms with Crippen molar-refractivity contribution in [1.82, 2.24) is 5.32 Å². The van der Waals surface area contributed by atoms with Crippen LogP contribution in [0.2, 0.25) is 0 Å². The number of carbonyl (C=O) groups excluding carboxylic acids is 1. The minimum absolute atomic E-state index is 0.0996. The smallest absolute Gasteiger partial charge is 0.253 e. The van der Waals surface area contributed by atoms with Crippen molar-refractivity contribution in [3.63, 3.8) is 0 Å². The first-order chi connectivity index (χ1) is 10.6. The highest BCUT2D eigenvalue weighted by Gasteiger charge is 2.14. The predicted octanol–water partition coefficient (Wildman–Crippen LogP) is 3.58.